The number of benzene rings is 2. The SMILES string of the molecule is O=C(NCCCC(=O)N1CCCC1c1ccccc1)c1ccc(F)cc1F. The summed E-state index contributed by atoms with van der Waals surface area (Å²) in [6, 6.07) is 12.9. The highest BCUT2D eigenvalue weighted by molar-refractivity contribution is 5.94. The van der Waals surface area contributed by atoms with Crippen LogP contribution in [0.3, 0.4) is 0 Å². The Balaban J connectivity index is 1.47. The molecule has 0 aliphatic carbocycles. The van der Waals surface area contributed by atoms with E-state index in [1.165, 1.54) is 0 Å². The number of likely N-dealkylation sites (tertiary alicyclic amines) is 1. The number of amides is 2. The van der Waals surface area contributed by atoms with Crippen molar-refractivity contribution in [1.29, 1.82) is 0 Å². The molecule has 0 bridgehead atoms. The minimum absolute atomic E-state index is 0.0589. The van der Waals surface area contributed by atoms with Gasteiger partial charge >= 0.3 is 0 Å². The molecule has 1 N–H and O–H groups in total. The van der Waals surface area contributed by atoms with E-state index in [1.807, 2.05) is 35.2 Å². The van der Waals surface area contributed by atoms with Crippen LogP contribution in [0.1, 0.15) is 47.6 Å². The number of hydrogen-bond donors (Lipinski definition) is 1. The maximum atomic E-state index is 13.6. The molecule has 1 aliphatic rings. The van der Waals surface area contributed by atoms with Crippen LogP contribution in [0.4, 0.5) is 8.78 Å². The molecule has 2 amide bonds. The van der Waals surface area contributed by atoms with Gasteiger partial charge in [-0.05, 0) is 37.0 Å². The van der Waals surface area contributed by atoms with Crippen LogP contribution in [0.2, 0.25) is 0 Å². The van der Waals surface area contributed by atoms with Gasteiger partial charge in [0, 0.05) is 25.6 Å². The normalized spacial score (nSPS) is 16.4. The molecule has 0 aromatic heterocycles. The zero-order valence-electron chi connectivity index (χ0n) is 15.0. The second-order valence-corrected chi connectivity index (χ2v) is 6.64. The number of carbonyl (C=O) groups excluding carboxylic acids is 2. The fraction of sp³-hybridized carbons (Fsp3) is 0.333. The van der Waals surface area contributed by atoms with Crippen LogP contribution < -0.4 is 5.32 Å². The van der Waals surface area contributed by atoms with Crippen LogP contribution in [0.15, 0.2) is 48.5 Å². The van der Waals surface area contributed by atoms with Gasteiger partial charge in [0.1, 0.15) is 11.6 Å². The first-order chi connectivity index (χ1) is 13.1. The van der Waals surface area contributed by atoms with Gasteiger partial charge in [-0.25, -0.2) is 8.78 Å². The Morgan fingerprint density at radius 1 is 1.11 bits per heavy atom. The quantitative estimate of drug-likeness (QED) is 0.784. The lowest BCUT2D eigenvalue weighted by Gasteiger charge is -2.25. The third-order valence-electron chi connectivity index (χ3n) is 4.79. The van der Waals surface area contributed by atoms with Crippen molar-refractivity contribution in [3.63, 3.8) is 0 Å². The van der Waals surface area contributed by atoms with E-state index < -0.39 is 17.5 Å². The summed E-state index contributed by atoms with van der Waals surface area (Å²) in [5.41, 5.74) is 0.940. The van der Waals surface area contributed by atoms with Gasteiger partial charge in [0.2, 0.25) is 5.91 Å². The standard InChI is InChI=1S/C21H22F2N2O2/c22-16-10-11-17(18(23)14-16)21(27)24-12-4-9-20(26)25-13-5-8-19(25)15-6-2-1-3-7-15/h1-3,6-7,10-11,14,19H,4-5,8-9,12-13H2,(H,24,27). The molecule has 0 spiro atoms. The molecule has 1 aliphatic heterocycles. The van der Waals surface area contributed by atoms with Gasteiger partial charge in [0.05, 0.1) is 11.6 Å². The Morgan fingerprint density at radius 3 is 2.63 bits per heavy atom. The molecule has 0 saturated carbocycles. The largest absolute Gasteiger partial charge is 0.352 e. The number of carbonyl (C=O) groups is 2. The van der Waals surface area contributed by atoms with E-state index in [4.69, 9.17) is 0 Å². The average Bonchev–Trinajstić information content (AvgIpc) is 3.15. The minimum Gasteiger partial charge on any atom is -0.352 e. The van der Waals surface area contributed by atoms with E-state index in [9.17, 15) is 18.4 Å². The molecular formula is C21H22F2N2O2. The van der Waals surface area contributed by atoms with Gasteiger partial charge in [-0.1, -0.05) is 30.3 Å². The lowest BCUT2D eigenvalue weighted by molar-refractivity contribution is -0.132. The lowest BCUT2D eigenvalue weighted by atomic mass is 10.0. The molecule has 1 unspecified atom stereocenters. The Morgan fingerprint density at radius 2 is 1.89 bits per heavy atom. The van der Waals surface area contributed by atoms with Crippen molar-refractivity contribution in [2.24, 2.45) is 0 Å². The third kappa shape index (κ3) is 4.70. The first-order valence-corrected chi connectivity index (χ1v) is 9.14. The van der Waals surface area contributed by atoms with E-state index in [1.54, 1.807) is 0 Å². The van der Waals surface area contributed by atoms with Gasteiger partial charge in [-0.3, -0.25) is 9.59 Å². The van der Waals surface area contributed by atoms with E-state index in [-0.39, 0.29) is 24.1 Å². The molecule has 2 aromatic rings. The molecule has 3 rings (SSSR count). The molecule has 1 atom stereocenters. The van der Waals surface area contributed by atoms with Crippen LogP contribution in [0.25, 0.3) is 0 Å². The molecule has 6 heteroatoms. The summed E-state index contributed by atoms with van der Waals surface area (Å²) in [7, 11) is 0. The molecule has 142 valence electrons. The molecule has 1 saturated heterocycles. The van der Waals surface area contributed by atoms with Gasteiger partial charge in [0.25, 0.3) is 5.91 Å². The summed E-state index contributed by atoms with van der Waals surface area (Å²) in [5.74, 6) is -2.17. The lowest BCUT2D eigenvalue weighted by Crippen LogP contribution is -2.31. The third-order valence-corrected chi connectivity index (χ3v) is 4.79. The number of hydrogen-bond acceptors (Lipinski definition) is 2. The van der Waals surface area contributed by atoms with E-state index in [2.05, 4.69) is 5.32 Å². The predicted octanol–water partition coefficient (Wildman–Crippen LogP) is 3.84. The van der Waals surface area contributed by atoms with Crippen LogP contribution >= 0.6 is 0 Å². The summed E-state index contributed by atoms with van der Waals surface area (Å²) in [6.07, 6.45) is 2.71. The molecule has 0 radical (unpaired) electrons. The zero-order valence-corrected chi connectivity index (χ0v) is 15.0. The molecule has 1 heterocycles. The summed E-state index contributed by atoms with van der Waals surface area (Å²) in [4.78, 5) is 26.4. The highest BCUT2D eigenvalue weighted by Gasteiger charge is 2.29. The average molecular weight is 372 g/mol. The summed E-state index contributed by atoms with van der Waals surface area (Å²) in [5, 5.41) is 2.58. The first kappa shape index (κ1) is 19.0. The first-order valence-electron chi connectivity index (χ1n) is 9.14. The van der Waals surface area contributed by atoms with Crippen molar-refractivity contribution in [2.45, 2.75) is 31.7 Å². The number of nitrogens with zero attached hydrogens (tertiary/aromatic N) is 1. The van der Waals surface area contributed by atoms with Crippen molar-refractivity contribution in [2.75, 3.05) is 13.1 Å². The van der Waals surface area contributed by atoms with Crippen molar-refractivity contribution >= 4 is 11.8 Å². The van der Waals surface area contributed by atoms with E-state index in [0.717, 1.165) is 37.1 Å². The second-order valence-electron chi connectivity index (χ2n) is 6.64. The highest BCUT2D eigenvalue weighted by atomic mass is 19.1. The van der Waals surface area contributed by atoms with Crippen molar-refractivity contribution in [1.82, 2.24) is 10.2 Å². The van der Waals surface area contributed by atoms with Crippen LogP contribution in [-0.2, 0) is 4.79 Å². The monoisotopic (exact) mass is 372 g/mol. The van der Waals surface area contributed by atoms with E-state index >= 15 is 0 Å². The zero-order chi connectivity index (χ0) is 19.2. The number of halogens is 2. The maximum Gasteiger partial charge on any atom is 0.254 e. The smallest absolute Gasteiger partial charge is 0.254 e. The molecular weight excluding hydrogens is 350 g/mol. The number of nitrogens with one attached hydrogen (secondary N) is 1. The van der Waals surface area contributed by atoms with Crippen LogP contribution in [0.5, 0.6) is 0 Å². The Labute approximate surface area is 157 Å². The Hall–Kier alpha value is -2.76. The molecule has 2 aromatic carbocycles. The van der Waals surface area contributed by atoms with Crippen molar-refractivity contribution in [3.8, 4) is 0 Å². The minimum atomic E-state index is -0.897. The topological polar surface area (TPSA) is 49.4 Å². The predicted molar refractivity (Wildman–Crippen MR) is 98.1 cm³/mol. The van der Waals surface area contributed by atoms with Gasteiger partial charge in [-0.2, -0.15) is 0 Å². The molecule has 27 heavy (non-hydrogen) atoms. The van der Waals surface area contributed by atoms with Crippen molar-refractivity contribution < 1.29 is 18.4 Å². The van der Waals surface area contributed by atoms with Crippen LogP contribution in [-0.4, -0.2) is 29.8 Å². The fourth-order valence-electron chi connectivity index (χ4n) is 3.44. The molecule has 1 fully saturated rings. The van der Waals surface area contributed by atoms with E-state index in [0.29, 0.717) is 18.9 Å². The van der Waals surface area contributed by atoms with Gasteiger partial charge in [0.15, 0.2) is 0 Å². The Bertz CT molecular complexity index is 811. The second kappa shape index (κ2) is 8.75. The summed E-state index contributed by atoms with van der Waals surface area (Å²) >= 11 is 0. The maximum absolute atomic E-state index is 13.6. The summed E-state index contributed by atoms with van der Waals surface area (Å²) in [6.45, 7) is 0.997. The van der Waals surface area contributed by atoms with Gasteiger partial charge in [-0.15, -0.1) is 0 Å². The highest BCUT2D eigenvalue weighted by Crippen LogP contribution is 2.32. The van der Waals surface area contributed by atoms with Gasteiger partial charge < -0.3 is 10.2 Å². The Kier molecular flexibility index (Phi) is 6.16. The summed E-state index contributed by atoms with van der Waals surface area (Å²) < 4.78 is 26.5. The number of rotatable bonds is 6. The van der Waals surface area contributed by atoms with Crippen LogP contribution in [0, 0.1) is 11.6 Å². The van der Waals surface area contributed by atoms with Crippen molar-refractivity contribution in [3.05, 3.63) is 71.3 Å². The molecule has 4 nitrogen and oxygen atoms in total. The fourth-order valence-corrected chi connectivity index (χ4v) is 3.44.